The van der Waals surface area contributed by atoms with Gasteiger partial charge in [0.2, 0.25) is 0 Å². The minimum Gasteiger partial charge on any atom is -0.403 e. The van der Waals surface area contributed by atoms with E-state index in [9.17, 15) is 9.59 Å². The summed E-state index contributed by atoms with van der Waals surface area (Å²) in [6.45, 7) is 21.6. The molecule has 0 radical (unpaired) electrons. The summed E-state index contributed by atoms with van der Waals surface area (Å²) < 4.78 is 62.4. The van der Waals surface area contributed by atoms with Gasteiger partial charge in [0.15, 0.2) is 0 Å². The van der Waals surface area contributed by atoms with E-state index >= 15 is 0 Å². The summed E-state index contributed by atoms with van der Waals surface area (Å²) in [5.74, 6) is -8.82. The van der Waals surface area contributed by atoms with E-state index in [1.165, 1.54) is 0 Å². The van der Waals surface area contributed by atoms with Crippen LogP contribution in [0.25, 0.3) is 0 Å². The average molecular weight is 808 g/mol. The number of hydrogen-bond acceptors (Lipinski definition) is 13. The molecule has 0 aliphatic heterocycles. The first kappa shape index (κ1) is 54.6. The molecule has 13 heteroatoms. The molecule has 0 saturated heterocycles. The Bertz CT molecular complexity index is 955. The second-order valence-electron chi connectivity index (χ2n) is 14.7. The van der Waals surface area contributed by atoms with Gasteiger partial charge in [0.25, 0.3) is 11.6 Å². The van der Waals surface area contributed by atoms with Crippen molar-refractivity contribution >= 4 is 11.9 Å². The maximum absolute atomic E-state index is 13.9. The molecule has 0 amide bonds. The van der Waals surface area contributed by atoms with Gasteiger partial charge in [0.05, 0.1) is 52.9 Å². The summed E-state index contributed by atoms with van der Waals surface area (Å²) in [4.78, 5) is 27.6. The highest BCUT2D eigenvalue weighted by Crippen LogP contribution is 2.38. The molecule has 3 atom stereocenters. The molecule has 13 nitrogen and oxygen atoms in total. The molecule has 0 fully saturated rings. The SMILES string of the molecule is CCCCCCCOC(C)(OCCC)C(OCCC)(OCCC)OC(=O)CC[C@H](N)C(=O)OC(OCCC)(OCCC)C(C)(OCCC)OCCCCCCC. The monoisotopic (exact) mass is 808 g/mol. The zero-order chi connectivity index (χ0) is 42.2. The Labute approximate surface area is 341 Å². The van der Waals surface area contributed by atoms with Crippen molar-refractivity contribution in [3.63, 3.8) is 0 Å². The Balaban J connectivity index is 6.36. The molecule has 2 N–H and O–H groups in total. The van der Waals surface area contributed by atoms with E-state index in [-0.39, 0.29) is 39.3 Å². The number of rotatable bonds is 40. The topological polar surface area (TPSA) is 152 Å². The van der Waals surface area contributed by atoms with Gasteiger partial charge in [-0.2, -0.15) is 0 Å². The molecule has 0 heterocycles. The van der Waals surface area contributed by atoms with E-state index in [0.717, 1.165) is 64.2 Å². The number of ether oxygens (including phenoxy) is 10. The Morgan fingerprint density at radius 3 is 1.11 bits per heavy atom. The van der Waals surface area contributed by atoms with E-state index < -0.39 is 41.5 Å². The predicted octanol–water partition coefficient (Wildman–Crippen LogP) is 9.45. The third-order valence-electron chi connectivity index (χ3n) is 8.96. The molecular formula is C43H85NO12. The zero-order valence-electron chi connectivity index (χ0n) is 37.4. The van der Waals surface area contributed by atoms with Crippen molar-refractivity contribution in [2.45, 2.75) is 214 Å². The Morgan fingerprint density at radius 1 is 0.429 bits per heavy atom. The van der Waals surface area contributed by atoms with Crippen LogP contribution in [0.3, 0.4) is 0 Å². The van der Waals surface area contributed by atoms with Crippen molar-refractivity contribution in [3.8, 4) is 0 Å². The summed E-state index contributed by atoms with van der Waals surface area (Å²) in [5.41, 5.74) is 6.45. The van der Waals surface area contributed by atoms with Crippen molar-refractivity contribution in [1.29, 1.82) is 0 Å². The predicted molar refractivity (Wildman–Crippen MR) is 219 cm³/mol. The van der Waals surface area contributed by atoms with Crippen LogP contribution in [0, 0.1) is 0 Å². The molecule has 0 aromatic rings. The standard InChI is InChI=1S/C43H85NO12/c1-11-19-21-23-25-35-49-40(9,47-29-13-3)42(51-31-15-5,52-32-16-6)55-38(45)28-27-37(44)39(46)56-43(53-33-17-7,54-34-18-8)41(10,48-30-14-4)50-36-26-24-22-20-12-2/h37H,11-36,44H2,1-10H3/t37-,40?,41?/m0/s1. The minimum atomic E-state index is -2.06. The van der Waals surface area contributed by atoms with Gasteiger partial charge in [0.1, 0.15) is 6.04 Å². The second kappa shape index (κ2) is 32.4. The second-order valence-corrected chi connectivity index (χ2v) is 14.7. The third-order valence-corrected chi connectivity index (χ3v) is 8.96. The third kappa shape index (κ3) is 20.0. The van der Waals surface area contributed by atoms with E-state index in [4.69, 9.17) is 53.1 Å². The summed E-state index contributed by atoms with van der Waals surface area (Å²) in [6.07, 6.45) is 13.8. The molecular weight excluding hydrogens is 722 g/mol. The van der Waals surface area contributed by atoms with Crippen molar-refractivity contribution < 1.29 is 57.0 Å². The van der Waals surface area contributed by atoms with Gasteiger partial charge in [-0.15, -0.1) is 0 Å². The van der Waals surface area contributed by atoms with E-state index in [2.05, 4.69) is 13.8 Å². The van der Waals surface area contributed by atoms with E-state index in [1.54, 1.807) is 13.8 Å². The van der Waals surface area contributed by atoms with Crippen LogP contribution in [-0.2, 0) is 57.0 Å². The number of carbonyl (C=O) groups is 2. The van der Waals surface area contributed by atoms with Gasteiger partial charge in [-0.05, 0) is 71.6 Å². The lowest BCUT2D eigenvalue weighted by molar-refractivity contribution is -0.481. The van der Waals surface area contributed by atoms with Crippen LogP contribution in [0.2, 0.25) is 0 Å². The summed E-state index contributed by atoms with van der Waals surface area (Å²) in [7, 11) is 0. The van der Waals surface area contributed by atoms with E-state index in [0.29, 0.717) is 65.0 Å². The summed E-state index contributed by atoms with van der Waals surface area (Å²) in [6, 6.07) is -1.26. The van der Waals surface area contributed by atoms with Gasteiger partial charge in [-0.25, -0.2) is 0 Å². The fraction of sp³-hybridized carbons (Fsp3) is 0.953. The van der Waals surface area contributed by atoms with Gasteiger partial charge in [0, 0.05) is 6.42 Å². The van der Waals surface area contributed by atoms with Crippen molar-refractivity contribution in [3.05, 3.63) is 0 Å². The van der Waals surface area contributed by atoms with Crippen LogP contribution in [0.4, 0.5) is 0 Å². The smallest absolute Gasteiger partial charge is 0.386 e. The van der Waals surface area contributed by atoms with Crippen LogP contribution in [0.1, 0.15) is 185 Å². The number of esters is 2. The highest BCUT2D eigenvalue weighted by atomic mass is 16.9. The molecule has 2 unspecified atom stereocenters. The number of carbonyl (C=O) groups excluding carboxylic acids is 2. The lowest BCUT2D eigenvalue weighted by atomic mass is 10.1. The van der Waals surface area contributed by atoms with Crippen molar-refractivity contribution in [1.82, 2.24) is 0 Å². The molecule has 0 aliphatic rings. The highest BCUT2D eigenvalue weighted by Gasteiger charge is 2.59. The molecule has 0 aromatic heterocycles. The summed E-state index contributed by atoms with van der Waals surface area (Å²) in [5, 5.41) is 0. The van der Waals surface area contributed by atoms with Crippen LogP contribution in [0.15, 0.2) is 0 Å². The molecule has 334 valence electrons. The van der Waals surface area contributed by atoms with Gasteiger partial charge < -0.3 is 53.1 Å². The average Bonchev–Trinajstić information content (AvgIpc) is 3.19. The molecule has 0 bridgehead atoms. The normalized spacial score (nSPS) is 15.0. The highest BCUT2D eigenvalue weighted by molar-refractivity contribution is 5.77. The fourth-order valence-electron chi connectivity index (χ4n) is 5.63. The van der Waals surface area contributed by atoms with Crippen LogP contribution < -0.4 is 5.73 Å². The summed E-state index contributed by atoms with van der Waals surface area (Å²) >= 11 is 0. The lowest BCUT2D eigenvalue weighted by Gasteiger charge is -2.45. The first-order valence-corrected chi connectivity index (χ1v) is 22.2. The quantitative estimate of drug-likeness (QED) is 0.0356. The Morgan fingerprint density at radius 2 is 0.750 bits per heavy atom. The molecule has 0 saturated carbocycles. The largest absolute Gasteiger partial charge is 0.403 e. The minimum absolute atomic E-state index is 0.122. The lowest BCUT2D eigenvalue weighted by Crippen LogP contribution is -2.63. The maximum atomic E-state index is 13.9. The van der Waals surface area contributed by atoms with Gasteiger partial charge in [-0.3, -0.25) is 9.59 Å². The van der Waals surface area contributed by atoms with Gasteiger partial charge in [-0.1, -0.05) is 107 Å². The van der Waals surface area contributed by atoms with Crippen LogP contribution >= 0.6 is 0 Å². The molecule has 0 spiro atoms. The number of nitrogens with two attached hydrogens (primary N) is 1. The zero-order valence-corrected chi connectivity index (χ0v) is 37.4. The molecule has 0 rings (SSSR count). The maximum Gasteiger partial charge on any atom is 0.386 e. The fourth-order valence-corrected chi connectivity index (χ4v) is 5.63. The van der Waals surface area contributed by atoms with Gasteiger partial charge >= 0.3 is 23.9 Å². The molecule has 0 aromatic carbocycles. The Hall–Kier alpha value is -1.42. The molecule has 56 heavy (non-hydrogen) atoms. The van der Waals surface area contributed by atoms with Crippen molar-refractivity contribution in [2.24, 2.45) is 5.73 Å². The van der Waals surface area contributed by atoms with Crippen LogP contribution in [0.5, 0.6) is 0 Å². The first-order chi connectivity index (χ1) is 26.9. The van der Waals surface area contributed by atoms with Crippen molar-refractivity contribution in [2.75, 3.05) is 52.9 Å². The Kier molecular flexibility index (Phi) is 31.6. The van der Waals surface area contributed by atoms with E-state index in [1.807, 2.05) is 41.5 Å². The number of hydrogen-bond donors (Lipinski definition) is 1. The molecule has 0 aliphatic carbocycles. The number of unbranched alkanes of at least 4 members (excludes halogenated alkanes) is 8. The first-order valence-electron chi connectivity index (χ1n) is 22.2. The van der Waals surface area contributed by atoms with Crippen LogP contribution in [-0.4, -0.2) is 94.4 Å².